The Morgan fingerprint density at radius 3 is 2.60 bits per heavy atom. The highest BCUT2D eigenvalue weighted by atomic mass is 16.5. The van der Waals surface area contributed by atoms with E-state index in [-0.39, 0.29) is 24.2 Å². The van der Waals surface area contributed by atoms with Crippen LogP contribution in [0.25, 0.3) is 11.2 Å². The van der Waals surface area contributed by atoms with Gasteiger partial charge in [0.1, 0.15) is 17.4 Å². The monoisotopic (exact) mass is 414 g/mol. The van der Waals surface area contributed by atoms with Gasteiger partial charge in [-0.05, 0) is 51.0 Å². The summed E-state index contributed by atoms with van der Waals surface area (Å²) in [6, 6.07) is 4.01. The fourth-order valence-corrected chi connectivity index (χ4v) is 4.28. The van der Waals surface area contributed by atoms with Gasteiger partial charge in [-0.25, -0.2) is 4.98 Å². The van der Waals surface area contributed by atoms with Crippen molar-refractivity contribution < 1.29 is 14.3 Å². The molecule has 0 radical (unpaired) electrons. The molecule has 0 aliphatic heterocycles. The fraction of sp³-hybridized carbons (Fsp3) is 0.696. The van der Waals surface area contributed by atoms with Gasteiger partial charge in [-0.15, -0.1) is 0 Å². The zero-order valence-corrected chi connectivity index (χ0v) is 18.4. The molecule has 2 aromatic rings. The van der Waals surface area contributed by atoms with Crippen molar-refractivity contribution in [2.75, 3.05) is 6.61 Å². The van der Waals surface area contributed by atoms with Crippen molar-refractivity contribution in [1.29, 1.82) is 0 Å². The summed E-state index contributed by atoms with van der Waals surface area (Å²) in [6.45, 7) is 4.05. The number of nitrogens with zero attached hydrogens (tertiary/aromatic N) is 3. The third-order valence-electron chi connectivity index (χ3n) is 6.20. The van der Waals surface area contributed by atoms with E-state index in [1.54, 1.807) is 0 Å². The van der Waals surface area contributed by atoms with Gasteiger partial charge in [0.2, 0.25) is 11.8 Å². The molecule has 0 aromatic carbocycles. The summed E-state index contributed by atoms with van der Waals surface area (Å²) in [6.07, 6.45) is 9.27. The number of carbonyl (C=O) groups is 1. The van der Waals surface area contributed by atoms with E-state index in [9.17, 15) is 4.79 Å². The van der Waals surface area contributed by atoms with Gasteiger partial charge in [-0.2, -0.15) is 4.98 Å². The molecular formula is C23H34N4O3. The van der Waals surface area contributed by atoms with Crippen LogP contribution in [0.1, 0.15) is 64.6 Å². The molecule has 0 bridgehead atoms. The third kappa shape index (κ3) is 5.50. The Labute approximate surface area is 178 Å². The molecule has 2 saturated carbocycles. The standard InChI is InChI=1S/C23H34N4O3/c1-15(24-16(2)28)14-29-18-7-9-19(10-8-18)30-22-13-11-20-23(26-22)27(3)21(25-20)12-6-17-4-5-17/h11,13,15,17-19H,4-10,12,14H2,1-3H3,(H,24,28)/t15-,18-,19-/m0/s1. The molecule has 1 amide bonds. The van der Waals surface area contributed by atoms with E-state index in [0.29, 0.717) is 12.5 Å². The van der Waals surface area contributed by atoms with Crippen molar-refractivity contribution in [2.24, 2.45) is 13.0 Å². The number of hydrogen-bond acceptors (Lipinski definition) is 5. The third-order valence-corrected chi connectivity index (χ3v) is 6.20. The minimum absolute atomic E-state index is 0.0175. The van der Waals surface area contributed by atoms with Crippen LogP contribution >= 0.6 is 0 Å². The second kappa shape index (κ2) is 9.33. The molecule has 0 unspecified atom stereocenters. The quantitative estimate of drug-likeness (QED) is 0.679. The Morgan fingerprint density at radius 1 is 1.17 bits per heavy atom. The predicted octanol–water partition coefficient (Wildman–Crippen LogP) is 3.54. The van der Waals surface area contributed by atoms with E-state index < -0.39 is 0 Å². The van der Waals surface area contributed by atoms with Crippen LogP contribution in [-0.2, 0) is 23.0 Å². The van der Waals surface area contributed by atoms with Gasteiger partial charge < -0.3 is 19.4 Å². The maximum Gasteiger partial charge on any atom is 0.217 e. The van der Waals surface area contributed by atoms with E-state index in [0.717, 1.165) is 55.0 Å². The fourth-order valence-electron chi connectivity index (χ4n) is 4.28. The number of imidazole rings is 1. The molecule has 7 nitrogen and oxygen atoms in total. The van der Waals surface area contributed by atoms with Crippen LogP contribution in [-0.4, -0.2) is 45.3 Å². The average molecular weight is 415 g/mol. The lowest BCUT2D eigenvalue weighted by Crippen LogP contribution is -2.36. The van der Waals surface area contributed by atoms with Crippen LogP contribution < -0.4 is 10.1 Å². The van der Waals surface area contributed by atoms with Gasteiger partial charge >= 0.3 is 0 Å². The smallest absolute Gasteiger partial charge is 0.217 e. The number of amides is 1. The van der Waals surface area contributed by atoms with Crippen LogP contribution in [0.3, 0.4) is 0 Å². The topological polar surface area (TPSA) is 78.3 Å². The van der Waals surface area contributed by atoms with E-state index in [1.807, 2.05) is 19.1 Å². The van der Waals surface area contributed by atoms with Gasteiger partial charge in [-0.1, -0.05) is 12.8 Å². The Kier molecular flexibility index (Phi) is 6.56. The highest BCUT2D eigenvalue weighted by molar-refractivity contribution is 5.73. The normalized spacial score (nSPS) is 22.8. The summed E-state index contributed by atoms with van der Waals surface area (Å²) in [5.41, 5.74) is 1.85. The molecule has 1 atom stereocenters. The first-order chi connectivity index (χ1) is 14.5. The van der Waals surface area contributed by atoms with Gasteiger partial charge in [0.15, 0.2) is 5.65 Å². The molecule has 30 heavy (non-hydrogen) atoms. The SMILES string of the molecule is CC(=O)N[C@@H](C)CO[C@H]1CC[C@H](Oc2ccc3nc(CCC4CC4)n(C)c3n2)CC1. The molecule has 7 heteroatoms. The molecule has 0 saturated heterocycles. The van der Waals surface area contributed by atoms with Crippen molar-refractivity contribution in [2.45, 2.75) is 83.5 Å². The highest BCUT2D eigenvalue weighted by Crippen LogP contribution is 2.33. The summed E-state index contributed by atoms with van der Waals surface area (Å²) in [4.78, 5) is 20.6. The maximum absolute atomic E-state index is 11.1. The predicted molar refractivity (Wildman–Crippen MR) is 115 cm³/mol. The zero-order valence-electron chi connectivity index (χ0n) is 18.4. The van der Waals surface area contributed by atoms with Crippen molar-refractivity contribution in [3.63, 3.8) is 0 Å². The van der Waals surface area contributed by atoms with E-state index in [2.05, 4.69) is 16.9 Å². The molecule has 2 heterocycles. The van der Waals surface area contributed by atoms with E-state index in [4.69, 9.17) is 19.4 Å². The lowest BCUT2D eigenvalue weighted by Gasteiger charge is -2.29. The van der Waals surface area contributed by atoms with Gasteiger partial charge in [-0.3, -0.25) is 4.79 Å². The first-order valence-corrected chi connectivity index (χ1v) is 11.4. The molecule has 0 spiro atoms. The Balaban J connectivity index is 1.27. The summed E-state index contributed by atoms with van der Waals surface area (Å²) >= 11 is 0. The van der Waals surface area contributed by atoms with E-state index in [1.165, 1.54) is 26.2 Å². The van der Waals surface area contributed by atoms with Gasteiger partial charge in [0.25, 0.3) is 0 Å². The highest BCUT2D eigenvalue weighted by Gasteiger charge is 2.25. The number of ether oxygens (including phenoxy) is 2. The molecule has 2 aliphatic carbocycles. The molecule has 1 N–H and O–H groups in total. The maximum atomic E-state index is 11.1. The lowest BCUT2D eigenvalue weighted by molar-refractivity contribution is -0.120. The summed E-state index contributed by atoms with van der Waals surface area (Å²) < 4.78 is 14.3. The first-order valence-electron chi connectivity index (χ1n) is 11.4. The molecule has 2 aromatic heterocycles. The summed E-state index contributed by atoms with van der Waals surface area (Å²) in [5, 5.41) is 2.86. The van der Waals surface area contributed by atoms with Gasteiger partial charge in [0.05, 0.1) is 12.7 Å². The molecular weight excluding hydrogens is 380 g/mol. The Bertz CT molecular complexity index is 869. The molecule has 164 valence electrons. The summed E-state index contributed by atoms with van der Waals surface area (Å²) in [5.74, 6) is 2.69. The number of nitrogens with one attached hydrogen (secondary N) is 1. The minimum atomic E-state index is -0.0175. The first kappa shape index (κ1) is 21.1. The van der Waals surface area contributed by atoms with Crippen LogP contribution in [0.15, 0.2) is 12.1 Å². The van der Waals surface area contributed by atoms with Crippen LogP contribution in [0.2, 0.25) is 0 Å². The van der Waals surface area contributed by atoms with Gasteiger partial charge in [0, 0.05) is 32.5 Å². The number of aryl methyl sites for hydroxylation is 2. The summed E-state index contributed by atoms with van der Waals surface area (Å²) in [7, 11) is 2.05. The minimum Gasteiger partial charge on any atom is -0.474 e. The lowest BCUT2D eigenvalue weighted by atomic mass is 9.95. The van der Waals surface area contributed by atoms with Crippen molar-refractivity contribution in [1.82, 2.24) is 19.9 Å². The molecule has 2 fully saturated rings. The number of carbonyl (C=O) groups excluding carboxylic acids is 1. The molecule has 4 rings (SSSR count). The number of pyridine rings is 1. The zero-order chi connectivity index (χ0) is 21.1. The second-order valence-corrected chi connectivity index (χ2v) is 9.01. The number of aromatic nitrogens is 3. The van der Waals surface area contributed by atoms with Crippen molar-refractivity contribution in [3.8, 4) is 5.88 Å². The van der Waals surface area contributed by atoms with Crippen molar-refractivity contribution in [3.05, 3.63) is 18.0 Å². The Morgan fingerprint density at radius 2 is 1.90 bits per heavy atom. The van der Waals surface area contributed by atoms with Crippen LogP contribution in [0, 0.1) is 5.92 Å². The van der Waals surface area contributed by atoms with Crippen LogP contribution in [0.4, 0.5) is 0 Å². The molecule has 2 aliphatic rings. The van der Waals surface area contributed by atoms with E-state index >= 15 is 0 Å². The largest absolute Gasteiger partial charge is 0.474 e. The number of rotatable bonds is 9. The number of hydrogen-bond donors (Lipinski definition) is 1. The van der Waals surface area contributed by atoms with Crippen molar-refractivity contribution >= 4 is 17.1 Å². The second-order valence-electron chi connectivity index (χ2n) is 9.01. The number of fused-ring (bicyclic) bond motifs is 1. The average Bonchev–Trinajstić information content (AvgIpc) is 3.50. The van der Waals surface area contributed by atoms with Crippen LogP contribution in [0.5, 0.6) is 5.88 Å². The Hall–Kier alpha value is -2.15.